The van der Waals surface area contributed by atoms with Gasteiger partial charge >= 0.3 is 0 Å². The van der Waals surface area contributed by atoms with Crippen molar-refractivity contribution in [2.75, 3.05) is 11.1 Å². The molecule has 0 spiro atoms. The number of carbonyl (C=O) groups excluding carboxylic acids is 1. The largest absolute Gasteiger partial charge is 0.325 e. The zero-order valence-corrected chi connectivity index (χ0v) is 13.6. The van der Waals surface area contributed by atoms with Gasteiger partial charge in [-0.1, -0.05) is 42.5 Å². The second-order valence-electron chi connectivity index (χ2n) is 5.95. The Morgan fingerprint density at radius 1 is 1.09 bits per heavy atom. The van der Waals surface area contributed by atoms with Crippen LogP contribution in [0, 0.1) is 0 Å². The summed E-state index contributed by atoms with van der Waals surface area (Å²) in [5.74, 6) is 0.839. The minimum Gasteiger partial charge on any atom is -0.325 e. The summed E-state index contributed by atoms with van der Waals surface area (Å²) in [4.78, 5) is 12.2. The van der Waals surface area contributed by atoms with Gasteiger partial charge in [0.2, 0.25) is 5.91 Å². The molecule has 0 bridgehead atoms. The molecular weight excluding hydrogens is 292 g/mol. The number of nitrogens with one attached hydrogen (secondary N) is 2. The van der Waals surface area contributed by atoms with Gasteiger partial charge in [-0.15, -0.1) is 11.8 Å². The second kappa shape index (κ2) is 6.15. The third kappa shape index (κ3) is 3.51. The maximum Gasteiger partial charge on any atom is 0.242 e. The molecule has 1 amide bonds. The molecule has 1 fully saturated rings. The molecule has 0 aliphatic carbocycles. The van der Waals surface area contributed by atoms with Gasteiger partial charge in [0.25, 0.3) is 0 Å². The van der Waals surface area contributed by atoms with Crippen molar-refractivity contribution in [3.05, 3.63) is 54.6 Å². The molecule has 1 aliphatic heterocycles. The molecule has 4 heteroatoms. The van der Waals surface area contributed by atoms with Crippen molar-refractivity contribution >= 4 is 23.4 Å². The van der Waals surface area contributed by atoms with E-state index in [1.54, 1.807) is 11.8 Å². The molecule has 3 rings (SSSR count). The first-order chi connectivity index (χ1) is 10.5. The third-order valence-electron chi connectivity index (χ3n) is 3.71. The number of rotatable bonds is 3. The van der Waals surface area contributed by atoms with E-state index in [-0.39, 0.29) is 16.8 Å². The van der Waals surface area contributed by atoms with Gasteiger partial charge in [0.15, 0.2) is 0 Å². The highest BCUT2D eigenvalue weighted by atomic mass is 32.2. The van der Waals surface area contributed by atoms with Crippen molar-refractivity contribution in [2.45, 2.75) is 24.8 Å². The van der Waals surface area contributed by atoms with Crippen LogP contribution >= 0.6 is 11.8 Å². The van der Waals surface area contributed by atoms with Crippen LogP contribution in [0.5, 0.6) is 0 Å². The van der Waals surface area contributed by atoms with Gasteiger partial charge in [-0.05, 0) is 37.1 Å². The highest BCUT2D eigenvalue weighted by molar-refractivity contribution is 8.00. The molecule has 1 saturated heterocycles. The van der Waals surface area contributed by atoms with E-state index in [4.69, 9.17) is 0 Å². The van der Waals surface area contributed by atoms with Crippen LogP contribution in [0.4, 0.5) is 5.69 Å². The molecule has 3 nitrogen and oxygen atoms in total. The molecule has 114 valence electrons. The van der Waals surface area contributed by atoms with Crippen LogP contribution in [0.3, 0.4) is 0 Å². The van der Waals surface area contributed by atoms with Gasteiger partial charge in [0.05, 0.1) is 10.9 Å². The van der Waals surface area contributed by atoms with Gasteiger partial charge in [-0.25, -0.2) is 0 Å². The Labute approximate surface area is 135 Å². The lowest BCUT2D eigenvalue weighted by Gasteiger charge is -2.18. The minimum absolute atomic E-state index is 0.0286. The van der Waals surface area contributed by atoms with E-state index in [1.807, 2.05) is 42.5 Å². The molecule has 2 aromatic carbocycles. The zero-order chi connectivity index (χ0) is 15.6. The first kappa shape index (κ1) is 15.1. The Morgan fingerprint density at radius 2 is 1.73 bits per heavy atom. The average molecular weight is 312 g/mol. The van der Waals surface area contributed by atoms with E-state index >= 15 is 0 Å². The van der Waals surface area contributed by atoms with Crippen LogP contribution in [0.1, 0.15) is 13.8 Å². The predicted molar refractivity (Wildman–Crippen MR) is 94.0 cm³/mol. The van der Waals surface area contributed by atoms with Gasteiger partial charge in [0.1, 0.15) is 0 Å². The predicted octanol–water partition coefficient (Wildman–Crippen LogP) is 3.73. The first-order valence-electron chi connectivity index (χ1n) is 7.41. The highest BCUT2D eigenvalue weighted by Gasteiger charge is 2.34. The summed E-state index contributed by atoms with van der Waals surface area (Å²) < 4.78 is 0. The molecule has 0 radical (unpaired) electrons. The maximum absolute atomic E-state index is 12.3. The lowest BCUT2D eigenvalue weighted by atomic mass is 10.1. The van der Waals surface area contributed by atoms with Gasteiger partial charge in [-0.2, -0.15) is 0 Å². The van der Waals surface area contributed by atoms with E-state index in [9.17, 15) is 4.79 Å². The smallest absolute Gasteiger partial charge is 0.242 e. The summed E-state index contributed by atoms with van der Waals surface area (Å²) in [5, 5.41) is 6.32. The summed E-state index contributed by atoms with van der Waals surface area (Å²) in [5.41, 5.74) is 3.16. The molecule has 2 aromatic rings. The van der Waals surface area contributed by atoms with Crippen molar-refractivity contribution in [1.82, 2.24) is 5.32 Å². The van der Waals surface area contributed by atoms with E-state index in [0.717, 1.165) is 17.0 Å². The fraction of sp³-hybridized carbons (Fsp3) is 0.278. The molecule has 22 heavy (non-hydrogen) atoms. The lowest BCUT2D eigenvalue weighted by molar-refractivity contribution is -0.117. The lowest BCUT2D eigenvalue weighted by Crippen LogP contribution is -2.43. The van der Waals surface area contributed by atoms with E-state index in [1.165, 1.54) is 5.56 Å². The Balaban J connectivity index is 1.65. The summed E-state index contributed by atoms with van der Waals surface area (Å²) >= 11 is 1.77. The number of amides is 1. The summed E-state index contributed by atoms with van der Waals surface area (Å²) in [7, 11) is 0. The molecule has 0 aromatic heterocycles. The number of anilines is 1. The molecular formula is C18H20N2OS. The normalized spacial score (nSPS) is 19.8. The summed E-state index contributed by atoms with van der Waals surface area (Å²) in [6, 6.07) is 18.1. The van der Waals surface area contributed by atoms with Crippen LogP contribution in [0.2, 0.25) is 0 Å². The van der Waals surface area contributed by atoms with Gasteiger partial charge in [-0.3, -0.25) is 10.1 Å². The molecule has 1 aliphatic rings. The van der Waals surface area contributed by atoms with Crippen molar-refractivity contribution in [3.8, 4) is 11.1 Å². The van der Waals surface area contributed by atoms with Crippen molar-refractivity contribution in [1.29, 1.82) is 0 Å². The molecule has 0 unspecified atom stereocenters. The van der Waals surface area contributed by atoms with Gasteiger partial charge < -0.3 is 5.32 Å². The first-order valence-corrected chi connectivity index (χ1v) is 8.40. The Morgan fingerprint density at radius 3 is 2.32 bits per heavy atom. The Hall–Kier alpha value is -1.78. The number of hydrogen-bond acceptors (Lipinski definition) is 3. The standard InChI is InChI=1S/C18H20N2OS/c1-18(2)20-16(12-22-18)17(21)19-15-10-8-14(9-11-15)13-6-4-3-5-7-13/h3-11,16,20H,12H2,1-2H3,(H,19,21)/t16-/m0/s1. The van der Waals surface area contributed by atoms with Crippen LogP contribution in [0.25, 0.3) is 11.1 Å². The molecule has 1 heterocycles. The van der Waals surface area contributed by atoms with Crippen molar-refractivity contribution < 1.29 is 4.79 Å². The van der Waals surface area contributed by atoms with Crippen LogP contribution < -0.4 is 10.6 Å². The number of carbonyl (C=O) groups is 1. The second-order valence-corrected chi connectivity index (χ2v) is 7.59. The molecule has 2 N–H and O–H groups in total. The monoisotopic (exact) mass is 312 g/mol. The number of benzene rings is 2. The van der Waals surface area contributed by atoms with E-state index in [2.05, 4.69) is 36.6 Å². The number of thioether (sulfide) groups is 1. The fourth-order valence-corrected chi connectivity index (χ4v) is 3.59. The SMILES string of the molecule is CC1(C)N[C@H](C(=O)Nc2ccc(-c3ccccc3)cc2)CS1. The maximum atomic E-state index is 12.3. The Bertz CT molecular complexity index is 653. The van der Waals surface area contributed by atoms with E-state index in [0.29, 0.717) is 0 Å². The quantitative estimate of drug-likeness (QED) is 0.907. The van der Waals surface area contributed by atoms with Crippen LogP contribution in [-0.2, 0) is 4.79 Å². The van der Waals surface area contributed by atoms with E-state index < -0.39 is 0 Å². The molecule has 0 saturated carbocycles. The topological polar surface area (TPSA) is 41.1 Å². The minimum atomic E-state index is -0.131. The summed E-state index contributed by atoms with van der Waals surface area (Å²) in [6.07, 6.45) is 0. The average Bonchev–Trinajstić information content (AvgIpc) is 2.89. The summed E-state index contributed by atoms with van der Waals surface area (Å²) in [6.45, 7) is 4.19. The van der Waals surface area contributed by atoms with Crippen LogP contribution in [-0.4, -0.2) is 22.6 Å². The fourth-order valence-electron chi connectivity index (χ4n) is 2.54. The molecule has 1 atom stereocenters. The number of hydrogen-bond donors (Lipinski definition) is 2. The Kier molecular flexibility index (Phi) is 4.23. The van der Waals surface area contributed by atoms with Crippen molar-refractivity contribution in [3.63, 3.8) is 0 Å². The third-order valence-corrected chi connectivity index (χ3v) is 5.05. The van der Waals surface area contributed by atoms with Crippen LogP contribution in [0.15, 0.2) is 54.6 Å². The van der Waals surface area contributed by atoms with Crippen molar-refractivity contribution in [2.24, 2.45) is 0 Å². The van der Waals surface area contributed by atoms with Gasteiger partial charge in [0, 0.05) is 11.4 Å². The highest BCUT2D eigenvalue weighted by Crippen LogP contribution is 2.29. The zero-order valence-electron chi connectivity index (χ0n) is 12.8.